The maximum atomic E-state index is 11.9. The quantitative estimate of drug-likeness (QED) is 0.753. The van der Waals surface area contributed by atoms with Gasteiger partial charge in [-0.3, -0.25) is 9.59 Å². The van der Waals surface area contributed by atoms with Crippen LogP contribution in [-0.4, -0.2) is 22.2 Å². The molecule has 0 radical (unpaired) electrons. The fourth-order valence-corrected chi connectivity index (χ4v) is 2.01. The molecule has 7 heteroatoms. The van der Waals surface area contributed by atoms with Crippen LogP contribution in [0, 0.1) is 0 Å². The van der Waals surface area contributed by atoms with Crippen molar-refractivity contribution in [3.8, 4) is 0 Å². The van der Waals surface area contributed by atoms with E-state index in [0.717, 1.165) is 5.56 Å². The van der Waals surface area contributed by atoms with Crippen LogP contribution in [0.4, 0.5) is 4.79 Å². The Balaban J connectivity index is 2.01. The van der Waals surface area contributed by atoms with E-state index in [0.29, 0.717) is 5.56 Å². The van der Waals surface area contributed by atoms with Gasteiger partial charge in [0.2, 0.25) is 5.56 Å². The van der Waals surface area contributed by atoms with Crippen LogP contribution < -0.4 is 10.9 Å². The van der Waals surface area contributed by atoms with Crippen LogP contribution in [0.1, 0.15) is 23.6 Å². The zero-order chi connectivity index (χ0) is 16.7. The van der Waals surface area contributed by atoms with Gasteiger partial charge < -0.3 is 20.1 Å². The maximum absolute atomic E-state index is 11.9. The van der Waals surface area contributed by atoms with Crippen LogP contribution in [0.25, 0.3) is 0 Å². The number of hydrogen-bond acceptors (Lipinski definition) is 4. The van der Waals surface area contributed by atoms with E-state index in [1.54, 1.807) is 12.1 Å². The second kappa shape index (κ2) is 7.79. The number of carbonyl (C=O) groups excluding carboxylic acids is 1. The van der Waals surface area contributed by atoms with Crippen molar-refractivity contribution in [1.29, 1.82) is 0 Å². The minimum absolute atomic E-state index is 0.0713. The number of amides is 1. The van der Waals surface area contributed by atoms with Crippen LogP contribution in [0.2, 0.25) is 0 Å². The molecule has 0 bridgehead atoms. The summed E-state index contributed by atoms with van der Waals surface area (Å²) in [6, 6.07) is 11.0. The smallest absolute Gasteiger partial charge is 0.407 e. The summed E-state index contributed by atoms with van der Waals surface area (Å²) in [7, 11) is 0. The molecule has 1 aromatic carbocycles. The van der Waals surface area contributed by atoms with Crippen molar-refractivity contribution in [3.05, 3.63) is 70.1 Å². The van der Waals surface area contributed by atoms with Crippen molar-refractivity contribution in [1.82, 2.24) is 10.3 Å². The summed E-state index contributed by atoms with van der Waals surface area (Å²) in [6.45, 7) is 0.0713. The van der Waals surface area contributed by atoms with E-state index in [9.17, 15) is 14.4 Å². The van der Waals surface area contributed by atoms with Crippen molar-refractivity contribution in [3.63, 3.8) is 0 Å². The van der Waals surface area contributed by atoms with E-state index in [4.69, 9.17) is 9.84 Å². The van der Waals surface area contributed by atoms with Crippen LogP contribution >= 0.6 is 0 Å². The van der Waals surface area contributed by atoms with Crippen molar-refractivity contribution >= 4 is 12.1 Å². The third-order valence-electron chi connectivity index (χ3n) is 3.09. The molecule has 0 fully saturated rings. The number of carboxylic acids is 1. The first-order valence-electron chi connectivity index (χ1n) is 6.92. The largest absolute Gasteiger partial charge is 0.481 e. The normalized spacial score (nSPS) is 11.5. The molecule has 0 spiro atoms. The molecule has 0 aliphatic rings. The standard InChI is InChI=1S/C16H16N2O5/c19-14-8-12(6-7-17-14)13(9-15(20)21)18-16(22)23-10-11-4-2-1-3-5-11/h1-8,13H,9-10H2,(H,17,19)(H,18,22)(H,20,21)/t13-/m0/s1. The van der Waals surface area contributed by atoms with Crippen molar-refractivity contribution < 1.29 is 19.4 Å². The lowest BCUT2D eigenvalue weighted by atomic mass is 10.1. The molecule has 120 valence electrons. The number of H-pyrrole nitrogens is 1. The molecule has 1 heterocycles. The molecule has 0 aliphatic heterocycles. The topological polar surface area (TPSA) is 108 Å². The third-order valence-corrected chi connectivity index (χ3v) is 3.09. The molecule has 1 amide bonds. The van der Waals surface area contributed by atoms with Crippen LogP contribution in [-0.2, 0) is 16.1 Å². The van der Waals surface area contributed by atoms with Gasteiger partial charge in [0.05, 0.1) is 12.5 Å². The van der Waals surface area contributed by atoms with E-state index in [1.807, 2.05) is 18.2 Å². The number of hydrogen-bond donors (Lipinski definition) is 3. The van der Waals surface area contributed by atoms with Crippen molar-refractivity contribution in [2.45, 2.75) is 19.1 Å². The van der Waals surface area contributed by atoms with E-state index < -0.39 is 18.1 Å². The van der Waals surface area contributed by atoms with E-state index >= 15 is 0 Å². The first-order valence-corrected chi connectivity index (χ1v) is 6.92. The number of aromatic amines is 1. The minimum Gasteiger partial charge on any atom is -0.481 e. The highest BCUT2D eigenvalue weighted by atomic mass is 16.5. The van der Waals surface area contributed by atoms with Gasteiger partial charge in [0.1, 0.15) is 6.61 Å². The molecular formula is C16H16N2O5. The van der Waals surface area contributed by atoms with Gasteiger partial charge in [0.25, 0.3) is 0 Å². The molecule has 1 atom stereocenters. The van der Waals surface area contributed by atoms with Gasteiger partial charge in [-0.25, -0.2) is 4.79 Å². The minimum atomic E-state index is -1.10. The Morgan fingerprint density at radius 1 is 1.22 bits per heavy atom. The summed E-state index contributed by atoms with van der Waals surface area (Å²) < 4.78 is 5.06. The Morgan fingerprint density at radius 2 is 1.96 bits per heavy atom. The fourth-order valence-electron chi connectivity index (χ4n) is 2.01. The van der Waals surface area contributed by atoms with E-state index in [1.165, 1.54) is 18.3 Å². The second-order valence-electron chi connectivity index (χ2n) is 4.84. The number of aromatic nitrogens is 1. The number of aliphatic carboxylic acids is 1. The highest BCUT2D eigenvalue weighted by Crippen LogP contribution is 2.15. The maximum Gasteiger partial charge on any atom is 0.407 e. The Labute approximate surface area is 131 Å². The molecule has 1 aromatic heterocycles. The number of nitrogens with one attached hydrogen (secondary N) is 2. The summed E-state index contributed by atoms with van der Waals surface area (Å²) in [6.07, 6.45) is 0.285. The number of carboxylic acid groups (broad SMARTS) is 1. The zero-order valence-corrected chi connectivity index (χ0v) is 12.2. The molecule has 0 saturated carbocycles. The summed E-state index contributed by atoms with van der Waals surface area (Å²) in [5, 5.41) is 11.4. The number of alkyl carbamates (subject to hydrolysis) is 1. The van der Waals surface area contributed by atoms with Gasteiger partial charge in [0, 0.05) is 12.3 Å². The average molecular weight is 316 g/mol. The Kier molecular flexibility index (Phi) is 5.51. The van der Waals surface area contributed by atoms with E-state index in [-0.39, 0.29) is 18.6 Å². The number of rotatable bonds is 6. The Hall–Kier alpha value is -3.09. The van der Waals surface area contributed by atoms with Crippen LogP contribution in [0.15, 0.2) is 53.5 Å². The first kappa shape index (κ1) is 16.3. The van der Waals surface area contributed by atoms with Gasteiger partial charge in [-0.1, -0.05) is 30.3 Å². The SMILES string of the molecule is O=C(O)C[C@H](NC(=O)OCc1ccccc1)c1cc[nH]c(=O)c1. The number of ether oxygens (including phenoxy) is 1. The Morgan fingerprint density at radius 3 is 2.61 bits per heavy atom. The lowest BCUT2D eigenvalue weighted by molar-refractivity contribution is -0.137. The lowest BCUT2D eigenvalue weighted by Gasteiger charge is -2.17. The van der Waals surface area contributed by atoms with Gasteiger partial charge in [0.15, 0.2) is 0 Å². The molecular weight excluding hydrogens is 300 g/mol. The Bertz CT molecular complexity index is 727. The monoisotopic (exact) mass is 316 g/mol. The van der Waals surface area contributed by atoms with Gasteiger partial charge in [-0.05, 0) is 17.2 Å². The lowest BCUT2D eigenvalue weighted by Crippen LogP contribution is -2.31. The predicted molar refractivity (Wildman–Crippen MR) is 81.8 cm³/mol. The summed E-state index contributed by atoms with van der Waals surface area (Å²) in [4.78, 5) is 36.6. The van der Waals surface area contributed by atoms with Crippen molar-refractivity contribution in [2.75, 3.05) is 0 Å². The summed E-state index contributed by atoms with van der Waals surface area (Å²) >= 11 is 0. The molecule has 2 aromatic rings. The fraction of sp³-hybridized carbons (Fsp3) is 0.188. The predicted octanol–water partition coefficient (Wildman–Crippen LogP) is 1.82. The zero-order valence-electron chi connectivity index (χ0n) is 12.2. The van der Waals surface area contributed by atoms with E-state index in [2.05, 4.69) is 10.3 Å². The molecule has 2 rings (SSSR count). The molecule has 0 aliphatic carbocycles. The molecule has 7 nitrogen and oxygen atoms in total. The molecule has 0 unspecified atom stereocenters. The van der Waals surface area contributed by atoms with Gasteiger partial charge >= 0.3 is 12.1 Å². The highest BCUT2D eigenvalue weighted by molar-refractivity contribution is 5.71. The summed E-state index contributed by atoms with van der Waals surface area (Å²) in [5.74, 6) is -1.10. The molecule has 23 heavy (non-hydrogen) atoms. The number of carbonyl (C=O) groups is 2. The first-order chi connectivity index (χ1) is 11.0. The number of pyridine rings is 1. The molecule has 3 N–H and O–H groups in total. The van der Waals surface area contributed by atoms with Crippen LogP contribution in [0.5, 0.6) is 0 Å². The van der Waals surface area contributed by atoms with Gasteiger partial charge in [-0.15, -0.1) is 0 Å². The second-order valence-corrected chi connectivity index (χ2v) is 4.84. The van der Waals surface area contributed by atoms with Crippen molar-refractivity contribution in [2.24, 2.45) is 0 Å². The number of benzene rings is 1. The average Bonchev–Trinajstić information content (AvgIpc) is 2.53. The third kappa shape index (κ3) is 5.31. The highest BCUT2D eigenvalue weighted by Gasteiger charge is 2.19. The van der Waals surface area contributed by atoms with Crippen LogP contribution in [0.3, 0.4) is 0 Å². The summed E-state index contributed by atoms with van der Waals surface area (Å²) in [5.41, 5.74) is 0.832. The van der Waals surface area contributed by atoms with Gasteiger partial charge in [-0.2, -0.15) is 0 Å². The molecule has 0 saturated heterocycles.